The number of hydrazone groups is 1. The van der Waals surface area contributed by atoms with Crippen LogP contribution in [0, 0.1) is 12.7 Å². The van der Waals surface area contributed by atoms with Gasteiger partial charge in [-0.05, 0) is 48.2 Å². The Hall–Kier alpha value is -1.68. The van der Waals surface area contributed by atoms with Crippen LogP contribution in [0.3, 0.4) is 0 Å². The zero-order chi connectivity index (χ0) is 11.4. The number of halogens is 1. The quantitative estimate of drug-likeness (QED) is 0.636. The minimum Gasteiger partial charge on any atom is -0.278 e. The zero-order valence-electron chi connectivity index (χ0n) is 8.77. The molecule has 0 fully saturated rings. The van der Waals surface area contributed by atoms with Crippen molar-refractivity contribution in [3.63, 3.8) is 0 Å². The summed E-state index contributed by atoms with van der Waals surface area (Å²) in [6, 6.07) is 8.13. The highest BCUT2D eigenvalue weighted by Gasteiger charge is 1.94. The molecule has 2 aromatic rings. The van der Waals surface area contributed by atoms with Crippen molar-refractivity contribution >= 4 is 23.2 Å². The molecule has 0 aliphatic rings. The van der Waals surface area contributed by atoms with Crippen LogP contribution in [0.5, 0.6) is 0 Å². The Labute approximate surface area is 97.4 Å². The van der Waals surface area contributed by atoms with Crippen molar-refractivity contribution in [3.8, 4) is 0 Å². The fourth-order valence-electron chi connectivity index (χ4n) is 1.21. The lowest BCUT2D eigenvalue weighted by molar-refractivity contribution is 0.628. The van der Waals surface area contributed by atoms with E-state index in [1.165, 1.54) is 17.7 Å². The molecule has 1 aromatic heterocycles. The SMILES string of the molecule is Cc1ccsc1/C=N/Nc1ccc(F)cc1. The maximum atomic E-state index is 12.6. The molecule has 0 radical (unpaired) electrons. The molecule has 0 aliphatic carbocycles. The van der Waals surface area contributed by atoms with Gasteiger partial charge in [-0.1, -0.05) is 0 Å². The smallest absolute Gasteiger partial charge is 0.123 e. The second-order valence-corrected chi connectivity index (χ2v) is 4.29. The largest absolute Gasteiger partial charge is 0.278 e. The lowest BCUT2D eigenvalue weighted by atomic mass is 10.3. The molecule has 82 valence electrons. The summed E-state index contributed by atoms with van der Waals surface area (Å²) in [6.07, 6.45) is 1.77. The summed E-state index contributed by atoms with van der Waals surface area (Å²) in [5, 5.41) is 6.11. The van der Waals surface area contributed by atoms with Gasteiger partial charge in [0.1, 0.15) is 5.82 Å². The van der Waals surface area contributed by atoms with E-state index in [1.54, 1.807) is 29.7 Å². The van der Waals surface area contributed by atoms with E-state index in [4.69, 9.17) is 0 Å². The first-order valence-electron chi connectivity index (χ1n) is 4.84. The van der Waals surface area contributed by atoms with Gasteiger partial charge < -0.3 is 0 Å². The summed E-state index contributed by atoms with van der Waals surface area (Å²) >= 11 is 1.64. The number of rotatable bonds is 3. The van der Waals surface area contributed by atoms with E-state index in [0.717, 1.165) is 10.6 Å². The number of anilines is 1. The van der Waals surface area contributed by atoms with E-state index in [0.29, 0.717) is 0 Å². The van der Waals surface area contributed by atoms with Gasteiger partial charge in [0.25, 0.3) is 0 Å². The molecule has 2 nitrogen and oxygen atoms in total. The molecule has 0 spiro atoms. The van der Waals surface area contributed by atoms with Crippen molar-refractivity contribution in [2.75, 3.05) is 5.43 Å². The maximum Gasteiger partial charge on any atom is 0.123 e. The van der Waals surface area contributed by atoms with Gasteiger partial charge in [-0.2, -0.15) is 5.10 Å². The van der Waals surface area contributed by atoms with Crippen LogP contribution in [0.15, 0.2) is 40.8 Å². The molecule has 1 heterocycles. The second-order valence-electron chi connectivity index (χ2n) is 3.34. The van der Waals surface area contributed by atoms with E-state index in [9.17, 15) is 4.39 Å². The summed E-state index contributed by atoms with van der Waals surface area (Å²) in [7, 11) is 0. The van der Waals surface area contributed by atoms with Crippen LogP contribution in [0.2, 0.25) is 0 Å². The average molecular weight is 234 g/mol. The lowest BCUT2D eigenvalue weighted by Gasteiger charge is -1.98. The monoisotopic (exact) mass is 234 g/mol. The Bertz CT molecular complexity index is 488. The van der Waals surface area contributed by atoms with Gasteiger partial charge in [0, 0.05) is 4.88 Å². The van der Waals surface area contributed by atoms with Crippen LogP contribution < -0.4 is 5.43 Å². The molecule has 0 unspecified atom stereocenters. The van der Waals surface area contributed by atoms with Crippen molar-refractivity contribution in [1.82, 2.24) is 0 Å². The highest BCUT2D eigenvalue weighted by atomic mass is 32.1. The zero-order valence-corrected chi connectivity index (χ0v) is 9.59. The Morgan fingerprint density at radius 1 is 1.25 bits per heavy atom. The minimum absolute atomic E-state index is 0.247. The van der Waals surface area contributed by atoms with E-state index < -0.39 is 0 Å². The molecule has 0 saturated carbocycles. The number of thiophene rings is 1. The Kier molecular flexibility index (Phi) is 3.31. The molecular weight excluding hydrogens is 223 g/mol. The summed E-state index contributed by atoms with van der Waals surface area (Å²) in [6.45, 7) is 2.04. The molecule has 2 rings (SSSR count). The van der Waals surface area contributed by atoms with Crippen LogP contribution in [0.4, 0.5) is 10.1 Å². The summed E-state index contributed by atoms with van der Waals surface area (Å²) in [4.78, 5) is 1.12. The van der Waals surface area contributed by atoms with Crippen LogP contribution in [-0.2, 0) is 0 Å². The Balaban J connectivity index is 2.00. The molecule has 0 bridgehead atoms. The Morgan fingerprint density at radius 2 is 2.00 bits per heavy atom. The van der Waals surface area contributed by atoms with Crippen LogP contribution in [0.25, 0.3) is 0 Å². The molecule has 0 aliphatic heterocycles. The van der Waals surface area contributed by atoms with Crippen molar-refractivity contribution in [1.29, 1.82) is 0 Å². The van der Waals surface area contributed by atoms with E-state index in [1.807, 2.05) is 18.4 Å². The highest BCUT2D eigenvalue weighted by molar-refractivity contribution is 7.11. The highest BCUT2D eigenvalue weighted by Crippen LogP contribution is 2.13. The third kappa shape index (κ3) is 2.67. The predicted molar refractivity (Wildman–Crippen MR) is 66.7 cm³/mol. The second kappa shape index (κ2) is 4.90. The molecule has 0 amide bonds. The third-order valence-electron chi connectivity index (χ3n) is 2.12. The number of aryl methyl sites for hydroxylation is 1. The molecule has 4 heteroatoms. The van der Waals surface area contributed by atoms with Crippen molar-refractivity contribution in [3.05, 3.63) is 52.0 Å². The molecule has 1 N–H and O–H groups in total. The molecule has 0 saturated heterocycles. The molecule has 0 atom stereocenters. The number of nitrogens with one attached hydrogen (secondary N) is 1. The molecule has 16 heavy (non-hydrogen) atoms. The van der Waals surface area contributed by atoms with Gasteiger partial charge in [-0.3, -0.25) is 5.43 Å². The first-order valence-corrected chi connectivity index (χ1v) is 5.72. The fourth-order valence-corrected chi connectivity index (χ4v) is 1.99. The predicted octanol–water partition coefficient (Wildman–Crippen LogP) is 3.64. The van der Waals surface area contributed by atoms with Gasteiger partial charge in [0.15, 0.2) is 0 Å². The van der Waals surface area contributed by atoms with Gasteiger partial charge in [0.05, 0.1) is 11.9 Å². The van der Waals surface area contributed by atoms with Gasteiger partial charge >= 0.3 is 0 Å². The maximum absolute atomic E-state index is 12.6. The fraction of sp³-hybridized carbons (Fsp3) is 0.0833. The van der Waals surface area contributed by atoms with Crippen LogP contribution >= 0.6 is 11.3 Å². The summed E-state index contributed by atoms with van der Waals surface area (Å²) in [5.74, 6) is -0.247. The van der Waals surface area contributed by atoms with Crippen molar-refractivity contribution in [2.45, 2.75) is 6.92 Å². The first kappa shape index (κ1) is 10.8. The van der Waals surface area contributed by atoms with E-state index in [2.05, 4.69) is 10.5 Å². The first-order chi connectivity index (χ1) is 7.75. The van der Waals surface area contributed by atoms with Gasteiger partial charge in [-0.15, -0.1) is 11.3 Å². The van der Waals surface area contributed by atoms with Crippen molar-refractivity contribution in [2.24, 2.45) is 5.10 Å². The normalized spacial score (nSPS) is 10.9. The Morgan fingerprint density at radius 3 is 2.62 bits per heavy atom. The molecular formula is C12H11FN2S. The minimum atomic E-state index is -0.247. The third-order valence-corrected chi connectivity index (χ3v) is 3.07. The van der Waals surface area contributed by atoms with Crippen LogP contribution in [0.1, 0.15) is 10.4 Å². The summed E-state index contributed by atoms with van der Waals surface area (Å²) < 4.78 is 12.6. The van der Waals surface area contributed by atoms with E-state index in [-0.39, 0.29) is 5.82 Å². The number of hydrogen-bond donors (Lipinski definition) is 1. The topological polar surface area (TPSA) is 24.4 Å². The van der Waals surface area contributed by atoms with E-state index >= 15 is 0 Å². The van der Waals surface area contributed by atoms with Gasteiger partial charge in [0.2, 0.25) is 0 Å². The lowest BCUT2D eigenvalue weighted by Crippen LogP contribution is -1.90. The standard InChI is InChI=1S/C12H11FN2S/c1-9-6-7-16-12(9)8-14-15-11-4-2-10(13)3-5-11/h2-8,15H,1H3/b14-8+. The van der Waals surface area contributed by atoms with Gasteiger partial charge in [-0.25, -0.2) is 4.39 Å². The summed E-state index contributed by atoms with van der Waals surface area (Å²) in [5.41, 5.74) is 4.82. The average Bonchev–Trinajstić information content (AvgIpc) is 2.68. The van der Waals surface area contributed by atoms with Crippen molar-refractivity contribution < 1.29 is 4.39 Å². The number of benzene rings is 1. The van der Waals surface area contributed by atoms with Crippen LogP contribution in [-0.4, -0.2) is 6.21 Å². The number of hydrogen-bond acceptors (Lipinski definition) is 3. The number of nitrogens with zero attached hydrogens (tertiary/aromatic N) is 1. The molecule has 1 aromatic carbocycles.